The van der Waals surface area contributed by atoms with E-state index >= 15 is 0 Å². The summed E-state index contributed by atoms with van der Waals surface area (Å²) in [4.78, 5) is 8.29. The van der Waals surface area contributed by atoms with Crippen molar-refractivity contribution in [1.82, 2.24) is 15.2 Å². The minimum atomic E-state index is 0.492. The van der Waals surface area contributed by atoms with Gasteiger partial charge in [0, 0.05) is 48.8 Å². The van der Waals surface area contributed by atoms with Crippen molar-refractivity contribution in [3.8, 4) is 11.8 Å². The molecule has 2 aromatic rings. The molecule has 1 aliphatic rings. The van der Waals surface area contributed by atoms with Gasteiger partial charge in [0.15, 0.2) is 5.13 Å². The lowest BCUT2D eigenvalue weighted by Gasteiger charge is -2.31. The number of nitrogens with zero attached hydrogens (tertiary/aromatic N) is 4. The SMILES string of the molecule is CCCCCC#CC(CCC)CCCc1nnc(C2CCCN(c3ncc(C)s3)C2)s1. The lowest BCUT2D eigenvalue weighted by Crippen LogP contribution is -2.34. The van der Waals surface area contributed by atoms with E-state index in [4.69, 9.17) is 0 Å². The molecule has 0 saturated carbocycles. The van der Waals surface area contributed by atoms with Gasteiger partial charge in [0.1, 0.15) is 10.0 Å². The van der Waals surface area contributed by atoms with E-state index in [0.717, 1.165) is 37.5 Å². The van der Waals surface area contributed by atoms with Crippen LogP contribution in [0.3, 0.4) is 0 Å². The van der Waals surface area contributed by atoms with Crippen LogP contribution in [0, 0.1) is 24.7 Å². The van der Waals surface area contributed by atoms with Crippen molar-refractivity contribution < 1.29 is 0 Å². The number of piperidine rings is 1. The fourth-order valence-electron chi connectivity index (χ4n) is 4.19. The molecule has 0 bridgehead atoms. The third kappa shape index (κ3) is 7.88. The van der Waals surface area contributed by atoms with Crippen LogP contribution in [0.1, 0.15) is 98.9 Å². The molecule has 0 aromatic carbocycles. The van der Waals surface area contributed by atoms with E-state index in [-0.39, 0.29) is 0 Å². The largest absolute Gasteiger partial charge is 0.347 e. The van der Waals surface area contributed by atoms with Gasteiger partial charge in [-0.05, 0) is 45.4 Å². The van der Waals surface area contributed by atoms with E-state index in [1.165, 1.54) is 66.3 Å². The Morgan fingerprint density at radius 2 is 2.03 bits per heavy atom. The molecule has 31 heavy (non-hydrogen) atoms. The van der Waals surface area contributed by atoms with Gasteiger partial charge in [-0.25, -0.2) is 4.98 Å². The van der Waals surface area contributed by atoms with E-state index in [0.29, 0.717) is 11.8 Å². The predicted octanol–water partition coefficient (Wildman–Crippen LogP) is 7.01. The molecule has 1 fully saturated rings. The Kier molecular flexibility index (Phi) is 10.3. The van der Waals surface area contributed by atoms with Gasteiger partial charge in [-0.3, -0.25) is 0 Å². The van der Waals surface area contributed by atoms with E-state index in [9.17, 15) is 0 Å². The summed E-state index contributed by atoms with van der Waals surface area (Å²) in [5, 5.41) is 12.7. The maximum Gasteiger partial charge on any atom is 0.185 e. The molecule has 170 valence electrons. The standard InChI is InChI=1S/C25H38N4S2/c1-4-6-7-8-9-13-21(12-5-2)14-10-16-23-27-28-24(31-23)22-15-11-17-29(19-22)25-26-18-20(3)30-25/h18,21-22H,4-8,10-12,14-17,19H2,1-3H3. The number of aryl methyl sites for hydroxylation is 2. The Bertz CT molecular complexity index is 832. The Hall–Kier alpha value is -1.45. The van der Waals surface area contributed by atoms with Gasteiger partial charge >= 0.3 is 0 Å². The molecule has 0 spiro atoms. The maximum atomic E-state index is 4.58. The lowest BCUT2D eigenvalue weighted by molar-refractivity contribution is 0.505. The summed E-state index contributed by atoms with van der Waals surface area (Å²) in [5.74, 6) is 8.03. The number of aromatic nitrogens is 3. The molecule has 2 unspecified atom stereocenters. The second-order valence-electron chi connectivity index (χ2n) is 8.73. The summed E-state index contributed by atoms with van der Waals surface area (Å²) < 4.78 is 0. The highest BCUT2D eigenvalue weighted by molar-refractivity contribution is 7.15. The molecule has 3 heterocycles. The van der Waals surface area contributed by atoms with Crippen molar-refractivity contribution in [3.05, 3.63) is 21.1 Å². The number of anilines is 1. The summed E-state index contributed by atoms with van der Waals surface area (Å²) in [5.41, 5.74) is 0. The first-order chi connectivity index (χ1) is 15.2. The van der Waals surface area contributed by atoms with E-state index in [2.05, 4.69) is 52.7 Å². The molecule has 2 atom stereocenters. The molecule has 4 nitrogen and oxygen atoms in total. The van der Waals surface area contributed by atoms with Gasteiger partial charge in [-0.2, -0.15) is 0 Å². The van der Waals surface area contributed by atoms with Crippen molar-refractivity contribution in [3.63, 3.8) is 0 Å². The molecular formula is C25H38N4S2. The van der Waals surface area contributed by atoms with Gasteiger partial charge in [-0.1, -0.05) is 39.0 Å². The fourth-order valence-corrected chi connectivity index (χ4v) is 5.99. The number of hydrogen-bond acceptors (Lipinski definition) is 6. The summed E-state index contributed by atoms with van der Waals surface area (Å²) in [7, 11) is 0. The van der Waals surface area contributed by atoms with Gasteiger partial charge < -0.3 is 4.90 Å². The summed E-state index contributed by atoms with van der Waals surface area (Å²) in [6.07, 6.45) is 15.1. The smallest absolute Gasteiger partial charge is 0.185 e. The highest BCUT2D eigenvalue weighted by Crippen LogP contribution is 2.33. The van der Waals surface area contributed by atoms with Gasteiger partial charge in [0.2, 0.25) is 0 Å². The minimum absolute atomic E-state index is 0.492. The van der Waals surface area contributed by atoms with E-state index < -0.39 is 0 Å². The molecule has 0 radical (unpaired) electrons. The Morgan fingerprint density at radius 1 is 1.13 bits per heavy atom. The first kappa shape index (κ1) is 24.2. The Balaban J connectivity index is 1.46. The molecule has 1 aliphatic heterocycles. The van der Waals surface area contributed by atoms with Crippen LogP contribution >= 0.6 is 22.7 Å². The zero-order valence-electron chi connectivity index (χ0n) is 19.5. The van der Waals surface area contributed by atoms with Crippen LogP contribution in [-0.4, -0.2) is 28.3 Å². The molecular weight excluding hydrogens is 420 g/mol. The van der Waals surface area contributed by atoms with Crippen LogP contribution in [0.25, 0.3) is 0 Å². The molecule has 6 heteroatoms. The van der Waals surface area contributed by atoms with Crippen LogP contribution in [0.15, 0.2) is 6.20 Å². The van der Waals surface area contributed by atoms with Gasteiger partial charge in [0.05, 0.1) is 0 Å². The second kappa shape index (κ2) is 13.2. The van der Waals surface area contributed by atoms with Crippen molar-refractivity contribution in [2.45, 2.75) is 97.3 Å². The molecule has 0 aliphatic carbocycles. The highest BCUT2D eigenvalue weighted by atomic mass is 32.1. The summed E-state index contributed by atoms with van der Waals surface area (Å²) in [6.45, 7) is 8.77. The predicted molar refractivity (Wildman–Crippen MR) is 134 cm³/mol. The number of rotatable bonds is 11. The maximum absolute atomic E-state index is 4.58. The zero-order chi connectivity index (χ0) is 21.9. The zero-order valence-corrected chi connectivity index (χ0v) is 21.2. The summed E-state index contributed by atoms with van der Waals surface area (Å²) in [6, 6.07) is 0. The second-order valence-corrected chi connectivity index (χ2v) is 11.0. The van der Waals surface area contributed by atoms with Gasteiger partial charge in [-0.15, -0.1) is 38.8 Å². The van der Waals surface area contributed by atoms with E-state index in [1.807, 2.05) is 17.5 Å². The molecule has 2 aromatic heterocycles. The molecule has 0 N–H and O–H groups in total. The first-order valence-electron chi connectivity index (χ1n) is 12.2. The van der Waals surface area contributed by atoms with E-state index in [1.54, 1.807) is 11.3 Å². The normalized spacial score (nSPS) is 17.4. The van der Waals surface area contributed by atoms with Crippen LogP contribution in [-0.2, 0) is 6.42 Å². The third-order valence-electron chi connectivity index (χ3n) is 5.92. The molecule has 0 amide bonds. The highest BCUT2D eigenvalue weighted by Gasteiger charge is 2.26. The quantitative estimate of drug-likeness (QED) is 0.268. The van der Waals surface area contributed by atoms with Crippen LogP contribution < -0.4 is 4.90 Å². The molecule has 1 saturated heterocycles. The van der Waals surface area contributed by atoms with Crippen LogP contribution in [0.4, 0.5) is 5.13 Å². The topological polar surface area (TPSA) is 41.9 Å². The van der Waals surface area contributed by atoms with Crippen molar-refractivity contribution >= 4 is 27.8 Å². The number of thiazole rings is 1. The third-order valence-corrected chi connectivity index (χ3v) is 8.04. The average Bonchev–Trinajstić information content (AvgIpc) is 3.43. The first-order valence-corrected chi connectivity index (χ1v) is 13.8. The Labute approximate surface area is 196 Å². The van der Waals surface area contributed by atoms with Crippen LogP contribution in [0.2, 0.25) is 0 Å². The van der Waals surface area contributed by atoms with Crippen molar-refractivity contribution in [2.24, 2.45) is 5.92 Å². The summed E-state index contributed by atoms with van der Waals surface area (Å²) >= 11 is 3.63. The Morgan fingerprint density at radius 3 is 2.81 bits per heavy atom. The van der Waals surface area contributed by atoms with Crippen molar-refractivity contribution in [1.29, 1.82) is 0 Å². The van der Waals surface area contributed by atoms with Crippen LogP contribution in [0.5, 0.6) is 0 Å². The monoisotopic (exact) mass is 458 g/mol. The molecule has 3 rings (SSSR count). The average molecular weight is 459 g/mol. The number of hydrogen-bond donors (Lipinski definition) is 0. The fraction of sp³-hybridized carbons (Fsp3) is 0.720. The minimum Gasteiger partial charge on any atom is -0.347 e. The van der Waals surface area contributed by atoms with Gasteiger partial charge in [0.25, 0.3) is 0 Å². The number of unbranched alkanes of at least 4 members (excludes halogenated alkanes) is 3. The van der Waals surface area contributed by atoms with Crippen molar-refractivity contribution in [2.75, 3.05) is 18.0 Å². The lowest BCUT2D eigenvalue weighted by atomic mass is 9.97.